The number of nitrogens with zero attached hydrogens (tertiary/aromatic N) is 4. The van der Waals surface area contributed by atoms with Crippen molar-refractivity contribution in [2.75, 3.05) is 38.1 Å². The third-order valence-electron chi connectivity index (χ3n) is 5.20. The monoisotopic (exact) mass is 574 g/mol. The zero-order chi connectivity index (χ0) is 19.9. The molecule has 0 saturated carbocycles. The number of guanidine groups is 1. The van der Waals surface area contributed by atoms with E-state index in [0.29, 0.717) is 5.92 Å². The molecule has 3 rings (SSSR count). The number of aromatic nitrogens is 2. The van der Waals surface area contributed by atoms with Gasteiger partial charge in [0.25, 0.3) is 0 Å². The molecule has 0 aliphatic carbocycles. The van der Waals surface area contributed by atoms with E-state index in [1.807, 2.05) is 14.0 Å². The number of hydrogen-bond acceptors (Lipinski definition) is 3. The molecule has 1 aromatic heterocycles. The Balaban J connectivity index is 0.00000300. The summed E-state index contributed by atoms with van der Waals surface area (Å²) < 4.78 is 3.20. The molecule has 1 atom stereocenters. The lowest BCUT2D eigenvalue weighted by Gasteiger charge is -2.19. The highest BCUT2D eigenvalue weighted by Gasteiger charge is 2.22. The lowest BCUT2D eigenvalue weighted by molar-refractivity contribution is 0.545. The van der Waals surface area contributed by atoms with Crippen LogP contribution in [0.5, 0.6) is 0 Å². The quantitative estimate of drug-likeness (QED) is 0.227. The SMILES string of the molecule is CN=C(NCCCn1nc(C)cc1C)NCC1CCN(c2ccc(Br)cc2)C1.I. The van der Waals surface area contributed by atoms with E-state index in [0.717, 1.165) is 55.3 Å². The number of anilines is 1. The van der Waals surface area contributed by atoms with E-state index in [-0.39, 0.29) is 24.0 Å². The van der Waals surface area contributed by atoms with Crippen molar-refractivity contribution in [1.82, 2.24) is 20.4 Å². The Morgan fingerprint density at radius 2 is 2.00 bits per heavy atom. The summed E-state index contributed by atoms with van der Waals surface area (Å²) in [6.07, 6.45) is 2.22. The predicted molar refractivity (Wildman–Crippen MR) is 136 cm³/mol. The van der Waals surface area contributed by atoms with E-state index >= 15 is 0 Å². The van der Waals surface area contributed by atoms with Crippen LogP contribution < -0.4 is 15.5 Å². The Hall–Kier alpha value is -1.29. The highest BCUT2D eigenvalue weighted by molar-refractivity contribution is 14.0. The predicted octanol–water partition coefficient (Wildman–Crippen LogP) is 3.96. The van der Waals surface area contributed by atoms with Crippen LogP contribution in [-0.2, 0) is 6.54 Å². The number of aryl methyl sites for hydroxylation is 3. The molecule has 2 heterocycles. The lowest BCUT2D eigenvalue weighted by Crippen LogP contribution is -2.40. The Bertz CT molecular complexity index is 789. The molecule has 2 N–H and O–H groups in total. The molecule has 1 aromatic carbocycles. The van der Waals surface area contributed by atoms with Crippen LogP contribution in [-0.4, -0.2) is 49.0 Å². The fraction of sp³-hybridized carbons (Fsp3) is 0.524. The highest BCUT2D eigenvalue weighted by atomic mass is 127. The maximum absolute atomic E-state index is 4.51. The third-order valence-corrected chi connectivity index (χ3v) is 5.73. The Morgan fingerprint density at radius 1 is 1.24 bits per heavy atom. The minimum atomic E-state index is 0. The molecule has 1 aliphatic rings. The molecule has 0 amide bonds. The Kier molecular flexibility index (Phi) is 9.74. The van der Waals surface area contributed by atoms with E-state index in [4.69, 9.17) is 0 Å². The fourth-order valence-corrected chi connectivity index (χ4v) is 3.95. The summed E-state index contributed by atoms with van der Waals surface area (Å²) in [6.45, 7) is 9.10. The van der Waals surface area contributed by atoms with E-state index in [9.17, 15) is 0 Å². The molecule has 2 aromatic rings. The van der Waals surface area contributed by atoms with Gasteiger partial charge in [-0.05, 0) is 62.9 Å². The summed E-state index contributed by atoms with van der Waals surface area (Å²) in [5.74, 6) is 1.52. The van der Waals surface area contributed by atoms with Crippen LogP contribution in [0.2, 0.25) is 0 Å². The first-order valence-corrected chi connectivity index (χ1v) is 10.8. The van der Waals surface area contributed by atoms with Crippen molar-refractivity contribution < 1.29 is 0 Å². The van der Waals surface area contributed by atoms with Gasteiger partial charge < -0.3 is 15.5 Å². The van der Waals surface area contributed by atoms with Crippen molar-refractivity contribution in [3.63, 3.8) is 0 Å². The minimum Gasteiger partial charge on any atom is -0.371 e. The van der Waals surface area contributed by atoms with Crippen molar-refractivity contribution >= 4 is 51.6 Å². The van der Waals surface area contributed by atoms with Gasteiger partial charge in [-0.1, -0.05) is 15.9 Å². The second kappa shape index (κ2) is 11.8. The third kappa shape index (κ3) is 7.16. The number of rotatable bonds is 7. The first-order valence-electron chi connectivity index (χ1n) is 10.0. The van der Waals surface area contributed by atoms with Crippen molar-refractivity contribution in [2.24, 2.45) is 10.9 Å². The molecule has 1 saturated heterocycles. The normalized spacial score (nSPS) is 16.6. The Morgan fingerprint density at radius 3 is 2.66 bits per heavy atom. The van der Waals surface area contributed by atoms with Crippen LogP contribution >= 0.6 is 39.9 Å². The summed E-state index contributed by atoms with van der Waals surface area (Å²) in [4.78, 5) is 6.82. The van der Waals surface area contributed by atoms with Crippen LogP contribution in [0.15, 0.2) is 39.8 Å². The number of benzene rings is 1. The van der Waals surface area contributed by atoms with Gasteiger partial charge in [0.05, 0.1) is 5.69 Å². The molecule has 160 valence electrons. The largest absolute Gasteiger partial charge is 0.371 e. The molecule has 0 radical (unpaired) electrons. The van der Waals surface area contributed by atoms with Crippen molar-refractivity contribution in [2.45, 2.75) is 33.2 Å². The van der Waals surface area contributed by atoms with Crippen molar-refractivity contribution in [1.29, 1.82) is 0 Å². The van der Waals surface area contributed by atoms with Crippen molar-refractivity contribution in [3.05, 3.63) is 46.2 Å². The second-order valence-corrected chi connectivity index (χ2v) is 8.38. The van der Waals surface area contributed by atoms with E-state index in [1.165, 1.54) is 17.8 Å². The van der Waals surface area contributed by atoms with Gasteiger partial charge in [0.2, 0.25) is 0 Å². The number of hydrogen-bond donors (Lipinski definition) is 2. The van der Waals surface area contributed by atoms with Gasteiger partial charge in [0.1, 0.15) is 0 Å². The zero-order valence-electron chi connectivity index (χ0n) is 17.5. The minimum absolute atomic E-state index is 0. The molecule has 29 heavy (non-hydrogen) atoms. The molecule has 1 aliphatic heterocycles. The van der Waals surface area contributed by atoms with E-state index < -0.39 is 0 Å². The van der Waals surface area contributed by atoms with Crippen LogP contribution in [0.1, 0.15) is 24.2 Å². The molecular weight excluding hydrogens is 543 g/mol. The van der Waals surface area contributed by atoms with Gasteiger partial charge in [0, 0.05) is 55.6 Å². The average Bonchev–Trinajstić information content (AvgIpc) is 3.28. The molecule has 1 fully saturated rings. The molecule has 1 unspecified atom stereocenters. The van der Waals surface area contributed by atoms with Gasteiger partial charge in [-0.2, -0.15) is 5.10 Å². The first-order chi connectivity index (χ1) is 13.5. The number of halogens is 2. The molecule has 0 spiro atoms. The molecular formula is C21H32BrIN6. The molecule has 8 heteroatoms. The van der Waals surface area contributed by atoms with Gasteiger partial charge in [-0.15, -0.1) is 24.0 Å². The average molecular weight is 575 g/mol. The van der Waals surface area contributed by atoms with Gasteiger partial charge in [0.15, 0.2) is 5.96 Å². The molecule has 6 nitrogen and oxygen atoms in total. The smallest absolute Gasteiger partial charge is 0.190 e. The summed E-state index contributed by atoms with van der Waals surface area (Å²) in [5, 5.41) is 11.4. The maximum Gasteiger partial charge on any atom is 0.190 e. The van der Waals surface area contributed by atoms with Gasteiger partial charge >= 0.3 is 0 Å². The van der Waals surface area contributed by atoms with Crippen LogP contribution in [0.25, 0.3) is 0 Å². The lowest BCUT2D eigenvalue weighted by atomic mass is 10.1. The van der Waals surface area contributed by atoms with Gasteiger partial charge in [-0.3, -0.25) is 9.67 Å². The number of nitrogens with one attached hydrogen (secondary N) is 2. The van der Waals surface area contributed by atoms with Crippen molar-refractivity contribution in [3.8, 4) is 0 Å². The first kappa shape index (κ1) is 24.0. The topological polar surface area (TPSA) is 57.5 Å². The summed E-state index contributed by atoms with van der Waals surface area (Å²) in [7, 11) is 1.83. The standard InChI is InChI=1S/C21H31BrN6.HI/c1-16-13-17(2)28(26-16)11-4-10-24-21(23-3)25-14-18-9-12-27(15-18)20-7-5-19(22)6-8-20;/h5-8,13,18H,4,9-12,14-15H2,1-3H3,(H2,23,24,25);1H. The summed E-state index contributed by atoms with van der Waals surface area (Å²) >= 11 is 3.50. The fourth-order valence-electron chi connectivity index (χ4n) is 3.68. The van der Waals surface area contributed by atoms with Crippen LogP contribution in [0.3, 0.4) is 0 Å². The van der Waals surface area contributed by atoms with E-state index in [1.54, 1.807) is 0 Å². The summed E-state index contributed by atoms with van der Waals surface area (Å²) in [5.41, 5.74) is 3.60. The van der Waals surface area contributed by atoms with Crippen LogP contribution in [0, 0.1) is 19.8 Å². The Labute approximate surface area is 199 Å². The van der Waals surface area contributed by atoms with E-state index in [2.05, 4.69) is 83.5 Å². The maximum atomic E-state index is 4.51. The second-order valence-electron chi connectivity index (χ2n) is 7.46. The summed E-state index contributed by atoms with van der Waals surface area (Å²) in [6, 6.07) is 10.7. The van der Waals surface area contributed by atoms with Crippen LogP contribution in [0.4, 0.5) is 5.69 Å². The number of aliphatic imine (C=N–C) groups is 1. The molecule has 0 bridgehead atoms. The highest BCUT2D eigenvalue weighted by Crippen LogP contribution is 2.24. The zero-order valence-corrected chi connectivity index (χ0v) is 21.4. The van der Waals surface area contributed by atoms with Gasteiger partial charge in [-0.25, -0.2) is 0 Å².